The van der Waals surface area contributed by atoms with Gasteiger partial charge in [-0.05, 0) is 6.42 Å². The number of carbonyl (C=O) groups excluding carboxylic acids is 1. The minimum absolute atomic E-state index is 0.0871. The maximum absolute atomic E-state index is 10.7. The molecule has 0 aromatic carbocycles. The lowest BCUT2D eigenvalue weighted by Crippen LogP contribution is -2.58. The second kappa shape index (κ2) is 2.98. The number of aliphatic hydroxyl groups excluding tert-OH is 1. The van der Waals surface area contributed by atoms with Crippen LogP contribution in [0.25, 0.3) is 0 Å². The summed E-state index contributed by atoms with van der Waals surface area (Å²) in [5.41, 5.74) is 0. The van der Waals surface area contributed by atoms with Crippen LogP contribution in [0.3, 0.4) is 0 Å². The van der Waals surface area contributed by atoms with Crippen molar-refractivity contribution in [2.45, 2.75) is 18.5 Å². The molecule has 0 aromatic heterocycles. The van der Waals surface area contributed by atoms with Crippen molar-refractivity contribution in [3.63, 3.8) is 0 Å². The average molecular weight is 145 g/mol. The van der Waals surface area contributed by atoms with Crippen molar-refractivity contribution in [1.82, 2.24) is 5.32 Å². The maximum atomic E-state index is 10.7. The molecule has 1 aliphatic rings. The molecule has 0 aliphatic carbocycles. The topological polar surface area (TPSA) is 58.6 Å². The highest BCUT2D eigenvalue weighted by Gasteiger charge is 2.33. The van der Waals surface area contributed by atoms with Crippen LogP contribution in [0, 0.1) is 0 Å². The first-order chi connectivity index (χ1) is 4.77. The Morgan fingerprint density at radius 3 is 2.90 bits per heavy atom. The number of hydrogen-bond donors (Lipinski definition) is 2. The molecule has 10 heavy (non-hydrogen) atoms. The molecule has 0 bridgehead atoms. The first kappa shape index (κ1) is 7.50. The summed E-state index contributed by atoms with van der Waals surface area (Å²) in [4.78, 5) is 10.7. The molecule has 1 saturated heterocycles. The molecule has 1 fully saturated rings. The van der Waals surface area contributed by atoms with Gasteiger partial charge in [-0.25, -0.2) is 0 Å². The fraction of sp³-hybridized carbons (Fsp3) is 0.833. The highest BCUT2D eigenvalue weighted by Crippen LogP contribution is 2.11. The second-order valence-corrected chi connectivity index (χ2v) is 2.36. The van der Waals surface area contributed by atoms with Crippen molar-refractivity contribution in [3.8, 4) is 0 Å². The molecule has 0 spiro atoms. The summed E-state index contributed by atoms with van der Waals surface area (Å²) < 4.78 is 4.46. The van der Waals surface area contributed by atoms with E-state index in [1.165, 1.54) is 7.11 Å². The van der Waals surface area contributed by atoms with Crippen molar-refractivity contribution in [2.75, 3.05) is 13.7 Å². The Bertz CT molecular complexity index is 131. The molecule has 0 radical (unpaired) electrons. The van der Waals surface area contributed by atoms with Gasteiger partial charge < -0.3 is 9.84 Å². The Labute approximate surface area is 59.2 Å². The number of nitrogens with one attached hydrogen (secondary N) is 1. The molecular formula is C6H11NO3. The Hall–Kier alpha value is -0.610. The van der Waals surface area contributed by atoms with E-state index in [1.54, 1.807) is 0 Å². The number of methoxy groups -OCH3 is 1. The van der Waals surface area contributed by atoms with E-state index in [4.69, 9.17) is 5.11 Å². The van der Waals surface area contributed by atoms with Gasteiger partial charge in [-0.1, -0.05) is 0 Å². The van der Waals surface area contributed by atoms with Gasteiger partial charge in [-0.15, -0.1) is 0 Å². The number of hydrogen-bond acceptors (Lipinski definition) is 4. The van der Waals surface area contributed by atoms with Crippen LogP contribution >= 0.6 is 0 Å². The molecule has 0 amide bonds. The normalized spacial score (nSPS) is 31.0. The summed E-state index contributed by atoms with van der Waals surface area (Å²) in [6, 6.07) is -0.105. The Morgan fingerprint density at radius 1 is 1.90 bits per heavy atom. The molecule has 4 nitrogen and oxygen atoms in total. The van der Waals surface area contributed by atoms with Gasteiger partial charge in [-0.3, -0.25) is 10.1 Å². The predicted molar refractivity (Wildman–Crippen MR) is 34.4 cm³/mol. The lowest BCUT2D eigenvalue weighted by atomic mass is 9.98. The van der Waals surface area contributed by atoms with Gasteiger partial charge in [0.25, 0.3) is 0 Å². The average Bonchev–Trinajstić information content (AvgIpc) is 1.85. The van der Waals surface area contributed by atoms with Crippen molar-refractivity contribution in [2.24, 2.45) is 0 Å². The molecular weight excluding hydrogens is 134 g/mol. The van der Waals surface area contributed by atoms with Crippen LogP contribution in [0.4, 0.5) is 0 Å². The molecule has 2 atom stereocenters. The zero-order chi connectivity index (χ0) is 7.56. The quantitative estimate of drug-likeness (QED) is 0.483. The number of carbonyl (C=O) groups is 1. The molecule has 1 aliphatic heterocycles. The second-order valence-electron chi connectivity index (χ2n) is 2.36. The number of ether oxygens (including phenoxy) is 1. The van der Waals surface area contributed by atoms with E-state index in [0.717, 1.165) is 0 Å². The molecule has 0 aromatic rings. The largest absolute Gasteiger partial charge is 0.468 e. The van der Waals surface area contributed by atoms with Gasteiger partial charge in [-0.2, -0.15) is 0 Å². The fourth-order valence-electron chi connectivity index (χ4n) is 0.978. The summed E-state index contributed by atoms with van der Waals surface area (Å²) >= 11 is 0. The summed E-state index contributed by atoms with van der Waals surface area (Å²) in [6.45, 7) is 0.0908. The first-order valence-corrected chi connectivity index (χ1v) is 3.22. The smallest absolute Gasteiger partial charge is 0.322 e. The first-order valence-electron chi connectivity index (χ1n) is 3.22. The van der Waals surface area contributed by atoms with Crippen LogP contribution in [0.2, 0.25) is 0 Å². The minimum atomic E-state index is -0.246. The molecule has 1 heterocycles. The highest BCUT2D eigenvalue weighted by atomic mass is 16.5. The Morgan fingerprint density at radius 2 is 2.50 bits per heavy atom. The van der Waals surface area contributed by atoms with Gasteiger partial charge in [0.15, 0.2) is 0 Å². The van der Waals surface area contributed by atoms with E-state index in [2.05, 4.69) is 10.1 Å². The van der Waals surface area contributed by atoms with Gasteiger partial charge >= 0.3 is 5.97 Å². The fourth-order valence-corrected chi connectivity index (χ4v) is 0.978. The third-order valence-corrected chi connectivity index (χ3v) is 1.66. The number of esters is 1. The van der Waals surface area contributed by atoms with Gasteiger partial charge in [0.05, 0.1) is 13.7 Å². The SMILES string of the molecule is COC(=O)C1CC(CO)N1. The molecule has 58 valence electrons. The molecule has 0 saturated carbocycles. The van der Waals surface area contributed by atoms with Crippen molar-refractivity contribution in [1.29, 1.82) is 0 Å². The lowest BCUT2D eigenvalue weighted by molar-refractivity contribution is -0.146. The molecule has 2 N–H and O–H groups in total. The van der Waals surface area contributed by atoms with Gasteiger partial charge in [0, 0.05) is 6.04 Å². The van der Waals surface area contributed by atoms with Crippen molar-refractivity contribution >= 4 is 5.97 Å². The Kier molecular flexibility index (Phi) is 2.24. The minimum Gasteiger partial charge on any atom is -0.468 e. The van der Waals surface area contributed by atoms with E-state index in [1.807, 2.05) is 0 Å². The third-order valence-electron chi connectivity index (χ3n) is 1.66. The van der Waals surface area contributed by atoms with E-state index in [-0.39, 0.29) is 24.7 Å². The van der Waals surface area contributed by atoms with Gasteiger partial charge in [0.2, 0.25) is 0 Å². The van der Waals surface area contributed by atoms with Crippen molar-refractivity contribution in [3.05, 3.63) is 0 Å². The van der Waals surface area contributed by atoms with Crippen LogP contribution in [0.5, 0.6) is 0 Å². The van der Waals surface area contributed by atoms with Crippen LogP contribution < -0.4 is 5.32 Å². The summed E-state index contributed by atoms with van der Waals surface area (Å²) in [7, 11) is 1.36. The number of rotatable bonds is 2. The van der Waals surface area contributed by atoms with Crippen LogP contribution in [0.1, 0.15) is 6.42 Å². The van der Waals surface area contributed by atoms with E-state index in [0.29, 0.717) is 6.42 Å². The molecule has 4 heteroatoms. The number of aliphatic hydroxyl groups is 1. The predicted octanol–water partition coefficient (Wildman–Crippen LogP) is -1.12. The Balaban J connectivity index is 2.19. The summed E-state index contributed by atoms with van der Waals surface area (Å²) in [5, 5.41) is 11.4. The summed E-state index contributed by atoms with van der Waals surface area (Å²) in [5.74, 6) is -0.246. The maximum Gasteiger partial charge on any atom is 0.322 e. The lowest BCUT2D eigenvalue weighted by Gasteiger charge is -2.33. The highest BCUT2D eigenvalue weighted by molar-refractivity contribution is 5.76. The van der Waals surface area contributed by atoms with Gasteiger partial charge in [0.1, 0.15) is 6.04 Å². The zero-order valence-electron chi connectivity index (χ0n) is 5.83. The van der Waals surface area contributed by atoms with Crippen LogP contribution in [-0.2, 0) is 9.53 Å². The van der Waals surface area contributed by atoms with E-state index < -0.39 is 0 Å². The monoisotopic (exact) mass is 145 g/mol. The zero-order valence-corrected chi connectivity index (χ0v) is 5.83. The van der Waals surface area contributed by atoms with E-state index >= 15 is 0 Å². The summed E-state index contributed by atoms with van der Waals surface area (Å²) in [6.07, 6.45) is 0.684. The van der Waals surface area contributed by atoms with Crippen molar-refractivity contribution < 1.29 is 14.6 Å². The molecule has 1 rings (SSSR count). The van der Waals surface area contributed by atoms with Crippen LogP contribution in [0.15, 0.2) is 0 Å². The molecule has 2 unspecified atom stereocenters. The van der Waals surface area contributed by atoms with Crippen LogP contribution in [-0.4, -0.2) is 36.9 Å². The third kappa shape index (κ3) is 1.27. The van der Waals surface area contributed by atoms with E-state index in [9.17, 15) is 4.79 Å². The standard InChI is InChI=1S/C6H11NO3/c1-10-6(9)5-2-4(3-8)7-5/h4-5,7-8H,2-3H2,1H3.